The Balaban J connectivity index is 1.44. The fraction of sp³-hybridized carbons (Fsp3) is 0.600. The summed E-state index contributed by atoms with van der Waals surface area (Å²) in [6, 6.07) is 3.62. The van der Waals surface area contributed by atoms with Crippen molar-refractivity contribution >= 4 is 15.9 Å². The summed E-state index contributed by atoms with van der Waals surface area (Å²) in [7, 11) is -2.96. The van der Waals surface area contributed by atoms with Crippen LogP contribution in [0.3, 0.4) is 0 Å². The van der Waals surface area contributed by atoms with Gasteiger partial charge in [0, 0.05) is 51.2 Å². The highest BCUT2D eigenvalue weighted by Gasteiger charge is 2.30. The largest absolute Gasteiger partial charge is 0.334 e. The van der Waals surface area contributed by atoms with Crippen LogP contribution in [0.1, 0.15) is 12.0 Å². The van der Waals surface area contributed by atoms with E-state index in [2.05, 4.69) is 15.2 Å². The molecule has 0 saturated carbocycles. The zero-order chi connectivity index (χ0) is 16.3. The van der Waals surface area contributed by atoms with Gasteiger partial charge in [0.15, 0.2) is 9.84 Å². The molecule has 2 saturated heterocycles. The van der Waals surface area contributed by atoms with Gasteiger partial charge in [0.2, 0.25) is 0 Å². The van der Waals surface area contributed by atoms with Gasteiger partial charge in [-0.15, -0.1) is 0 Å². The maximum Gasteiger partial charge on any atom is 0.317 e. The molecule has 2 aliphatic rings. The molecular formula is C15H22N4O3S. The van der Waals surface area contributed by atoms with E-state index in [0.717, 1.165) is 19.6 Å². The number of rotatable bonds is 3. The zero-order valence-electron chi connectivity index (χ0n) is 13.0. The first-order valence-corrected chi connectivity index (χ1v) is 9.71. The first-order valence-electron chi connectivity index (χ1n) is 7.89. The van der Waals surface area contributed by atoms with Crippen molar-refractivity contribution < 1.29 is 13.2 Å². The van der Waals surface area contributed by atoms with Gasteiger partial charge in [-0.2, -0.15) is 0 Å². The minimum atomic E-state index is -2.96. The van der Waals surface area contributed by atoms with E-state index in [9.17, 15) is 13.2 Å². The molecule has 2 fully saturated rings. The predicted octanol–water partition coefficient (Wildman–Crippen LogP) is 0.0959. The van der Waals surface area contributed by atoms with Gasteiger partial charge in [-0.3, -0.25) is 9.88 Å². The lowest BCUT2D eigenvalue weighted by atomic mass is 10.2. The molecule has 0 radical (unpaired) electrons. The van der Waals surface area contributed by atoms with E-state index in [1.165, 1.54) is 5.56 Å². The van der Waals surface area contributed by atoms with E-state index >= 15 is 0 Å². The topological polar surface area (TPSA) is 82.6 Å². The summed E-state index contributed by atoms with van der Waals surface area (Å²) < 4.78 is 22.9. The fourth-order valence-corrected chi connectivity index (χ4v) is 4.70. The Labute approximate surface area is 136 Å². The Kier molecular flexibility index (Phi) is 4.82. The number of nitrogens with zero attached hydrogens (tertiary/aromatic N) is 3. The van der Waals surface area contributed by atoms with Gasteiger partial charge in [0.1, 0.15) is 0 Å². The normalized spacial score (nSPS) is 24.5. The first-order chi connectivity index (χ1) is 11.0. The number of hydrogen-bond donors (Lipinski definition) is 1. The molecule has 3 heterocycles. The summed E-state index contributed by atoms with van der Waals surface area (Å²) in [6.45, 7) is 3.82. The number of pyridine rings is 1. The van der Waals surface area contributed by atoms with Crippen LogP contribution < -0.4 is 5.32 Å². The minimum Gasteiger partial charge on any atom is -0.334 e. The number of aromatic nitrogens is 1. The van der Waals surface area contributed by atoms with E-state index in [1.807, 2.05) is 12.1 Å². The van der Waals surface area contributed by atoms with Crippen LogP contribution in [0.25, 0.3) is 0 Å². The Morgan fingerprint density at radius 3 is 2.52 bits per heavy atom. The number of hydrogen-bond acceptors (Lipinski definition) is 5. The number of amides is 2. The van der Waals surface area contributed by atoms with Gasteiger partial charge < -0.3 is 10.2 Å². The molecule has 1 aromatic heterocycles. The molecule has 3 rings (SSSR count). The second-order valence-electron chi connectivity index (χ2n) is 6.17. The van der Waals surface area contributed by atoms with Crippen LogP contribution in [0.2, 0.25) is 0 Å². The molecule has 0 spiro atoms. The molecule has 1 atom stereocenters. The predicted molar refractivity (Wildman–Crippen MR) is 86.7 cm³/mol. The average Bonchev–Trinajstić information content (AvgIpc) is 2.88. The number of sulfone groups is 1. The van der Waals surface area contributed by atoms with E-state index < -0.39 is 9.84 Å². The Hall–Kier alpha value is -1.67. The lowest BCUT2D eigenvalue weighted by Crippen LogP contribution is -2.53. The summed E-state index contributed by atoms with van der Waals surface area (Å²) >= 11 is 0. The molecule has 0 aromatic carbocycles. The standard InChI is InChI=1S/C15H22N4O3S/c20-15(17-14-3-10-23(21,22)12-14)19-8-6-18(7-9-19)11-13-1-4-16-5-2-13/h1-2,4-5,14H,3,6-12H2,(H,17,20)/t14-/m0/s1. The molecule has 0 aliphatic carbocycles. The van der Waals surface area contributed by atoms with Crippen molar-refractivity contribution in [3.8, 4) is 0 Å². The highest BCUT2D eigenvalue weighted by Crippen LogP contribution is 2.13. The maximum atomic E-state index is 12.2. The third-order valence-corrected chi connectivity index (χ3v) is 6.14. The van der Waals surface area contributed by atoms with Gasteiger partial charge in [-0.05, 0) is 24.1 Å². The molecule has 8 heteroatoms. The molecular weight excluding hydrogens is 316 g/mol. The van der Waals surface area contributed by atoms with E-state index in [0.29, 0.717) is 19.5 Å². The Bertz CT molecular complexity index is 642. The second kappa shape index (κ2) is 6.84. The van der Waals surface area contributed by atoms with E-state index in [1.54, 1.807) is 17.3 Å². The van der Waals surface area contributed by atoms with Crippen molar-refractivity contribution in [3.63, 3.8) is 0 Å². The van der Waals surface area contributed by atoms with Crippen molar-refractivity contribution in [1.29, 1.82) is 0 Å². The van der Waals surface area contributed by atoms with Gasteiger partial charge in [0.05, 0.1) is 11.5 Å². The summed E-state index contributed by atoms with van der Waals surface area (Å²) in [5.41, 5.74) is 1.22. The molecule has 126 valence electrons. The third kappa shape index (κ3) is 4.42. The highest BCUT2D eigenvalue weighted by molar-refractivity contribution is 7.91. The monoisotopic (exact) mass is 338 g/mol. The van der Waals surface area contributed by atoms with Crippen LogP contribution in [0.5, 0.6) is 0 Å². The molecule has 23 heavy (non-hydrogen) atoms. The molecule has 1 aromatic rings. The van der Waals surface area contributed by atoms with Gasteiger partial charge in [-0.25, -0.2) is 13.2 Å². The van der Waals surface area contributed by atoms with Crippen molar-refractivity contribution in [2.45, 2.75) is 19.0 Å². The van der Waals surface area contributed by atoms with Gasteiger partial charge in [0.25, 0.3) is 0 Å². The summed E-state index contributed by atoms with van der Waals surface area (Å²) in [5.74, 6) is 0.248. The van der Waals surface area contributed by atoms with E-state index in [-0.39, 0.29) is 23.6 Å². The van der Waals surface area contributed by atoms with Gasteiger partial charge in [-0.1, -0.05) is 0 Å². The SMILES string of the molecule is O=C(N[C@H]1CCS(=O)(=O)C1)N1CCN(Cc2ccncc2)CC1. The maximum absolute atomic E-state index is 12.2. The second-order valence-corrected chi connectivity index (χ2v) is 8.40. The van der Waals surface area contributed by atoms with Crippen LogP contribution in [0.4, 0.5) is 4.79 Å². The number of nitrogens with one attached hydrogen (secondary N) is 1. The first kappa shape index (κ1) is 16.2. The average molecular weight is 338 g/mol. The fourth-order valence-electron chi connectivity index (χ4n) is 3.03. The van der Waals surface area contributed by atoms with Crippen molar-refractivity contribution in [2.75, 3.05) is 37.7 Å². The summed E-state index contributed by atoms with van der Waals surface area (Å²) in [4.78, 5) is 20.3. The van der Waals surface area contributed by atoms with E-state index in [4.69, 9.17) is 0 Å². The summed E-state index contributed by atoms with van der Waals surface area (Å²) in [5, 5.41) is 2.85. The molecule has 0 unspecified atom stereocenters. The van der Waals surface area contributed by atoms with Crippen LogP contribution >= 0.6 is 0 Å². The molecule has 2 aliphatic heterocycles. The van der Waals surface area contributed by atoms with Crippen molar-refractivity contribution in [2.24, 2.45) is 0 Å². The Morgan fingerprint density at radius 1 is 1.22 bits per heavy atom. The quantitative estimate of drug-likeness (QED) is 0.845. The smallest absolute Gasteiger partial charge is 0.317 e. The van der Waals surface area contributed by atoms with Crippen LogP contribution in [-0.2, 0) is 16.4 Å². The molecule has 7 nitrogen and oxygen atoms in total. The van der Waals surface area contributed by atoms with Crippen molar-refractivity contribution in [1.82, 2.24) is 20.1 Å². The van der Waals surface area contributed by atoms with Crippen LogP contribution in [0, 0.1) is 0 Å². The molecule has 2 amide bonds. The third-order valence-electron chi connectivity index (χ3n) is 4.38. The van der Waals surface area contributed by atoms with Gasteiger partial charge >= 0.3 is 6.03 Å². The minimum absolute atomic E-state index is 0.0702. The lowest BCUT2D eigenvalue weighted by Gasteiger charge is -2.35. The highest BCUT2D eigenvalue weighted by atomic mass is 32.2. The summed E-state index contributed by atoms with van der Waals surface area (Å²) in [6.07, 6.45) is 4.10. The Morgan fingerprint density at radius 2 is 1.91 bits per heavy atom. The number of carbonyl (C=O) groups excluding carboxylic acids is 1. The number of piperazine rings is 1. The molecule has 0 bridgehead atoms. The van der Waals surface area contributed by atoms with Crippen LogP contribution in [0.15, 0.2) is 24.5 Å². The zero-order valence-corrected chi connectivity index (χ0v) is 13.8. The van der Waals surface area contributed by atoms with Crippen molar-refractivity contribution in [3.05, 3.63) is 30.1 Å². The number of carbonyl (C=O) groups is 1. The van der Waals surface area contributed by atoms with Crippen LogP contribution in [-0.4, -0.2) is 73.0 Å². The molecule has 1 N–H and O–H groups in total. The number of urea groups is 1. The lowest BCUT2D eigenvalue weighted by molar-refractivity contribution is 0.134.